The molecule has 0 bridgehead atoms. The second kappa shape index (κ2) is 11.8. The molecule has 1 unspecified atom stereocenters. The number of benzene rings is 2. The summed E-state index contributed by atoms with van der Waals surface area (Å²) in [4.78, 5) is 27.4. The van der Waals surface area contributed by atoms with Crippen molar-refractivity contribution in [1.82, 2.24) is 10.2 Å². The predicted octanol–water partition coefficient (Wildman–Crippen LogP) is 5.86. The lowest BCUT2D eigenvalue weighted by molar-refractivity contribution is -0.142. The molecule has 2 aromatic rings. The van der Waals surface area contributed by atoms with Crippen molar-refractivity contribution in [3.63, 3.8) is 0 Å². The summed E-state index contributed by atoms with van der Waals surface area (Å²) in [5.74, 6) is 0.359. The second-order valence-corrected chi connectivity index (χ2v) is 10.5. The molecule has 0 aliphatic rings. The Labute approximate surface area is 207 Å². The van der Waals surface area contributed by atoms with Gasteiger partial charge < -0.3 is 15.0 Å². The summed E-state index contributed by atoms with van der Waals surface area (Å²) in [5, 5.41) is 3.84. The molecule has 0 radical (unpaired) electrons. The van der Waals surface area contributed by atoms with Crippen LogP contribution in [0.1, 0.15) is 52.7 Å². The molecule has 0 aliphatic heterocycles. The number of rotatable bonds is 9. The highest BCUT2D eigenvalue weighted by Crippen LogP contribution is 2.25. The number of amides is 2. The van der Waals surface area contributed by atoms with Crippen molar-refractivity contribution in [3.8, 4) is 5.75 Å². The zero-order valence-corrected chi connectivity index (χ0v) is 21.8. The third-order valence-corrected chi connectivity index (χ3v) is 5.88. The van der Waals surface area contributed by atoms with Crippen LogP contribution in [0.3, 0.4) is 0 Å². The lowest BCUT2D eigenvalue weighted by Gasteiger charge is -2.29. The Morgan fingerprint density at radius 1 is 1.03 bits per heavy atom. The van der Waals surface area contributed by atoms with Crippen LogP contribution in [0, 0.1) is 5.92 Å². The summed E-state index contributed by atoms with van der Waals surface area (Å²) >= 11 is 12.3. The van der Waals surface area contributed by atoms with Gasteiger partial charge in [0.05, 0.1) is 0 Å². The van der Waals surface area contributed by atoms with Gasteiger partial charge >= 0.3 is 0 Å². The maximum atomic E-state index is 13.2. The highest BCUT2D eigenvalue weighted by Gasteiger charge is 2.27. The molecular formula is C26H34Cl2N2O3. The lowest BCUT2D eigenvalue weighted by atomic mass is 9.87. The van der Waals surface area contributed by atoms with Crippen molar-refractivity contribution in [2.45, 2.75) is 59.5 Å². The normalized spacial score (nSPS) is 12.4. The summed E-state index contributed by atoms with van der Waals surface area (Å²) in [6.45, 7) is 12.6. The summed E-state index contributed by atoms with van der Waals surface area (Å²) in [6.07, 6.45) is 0. The van der Waals surface area contributed by atoms with Gasteiger partial charge in [0.2, 0.25) is 5.91 Å². The Kier molecular flexibility index (Phi) is 9.62. The van der Waals surface area contributed by atoms with Crippen molar-refractivity contribution in [3.05, 3.63) is 63.6 Å². The minimum Gasteiger partial charge on any atom is -0.484 e. The van der Waals surface area contributed by atoms with Gasteiger partial charge in [0, 0.05) is 23.1 Å². The maximum Gasteiger partial charge on any atom is 0.261 e. The minimum atomic E-state index is -0.699. The second-order valence-electron chi connectivity index (χ2n) is 9.64. The van der Waals surface area contributed by atoms with Gasteiger partial charge in [-0.1, -0.05) is 76.0 Å². The fraction of sp³-hybridized carbons (Fsp3) is 0.462. The van der Waals surface area contributed by atoms with Crippen molar-refractivity contribution < 1.29 is 14.3 Å². The van der Waals surface area contributed by atoms with Crippen molar-refractivity contribution in [2.24, 2.45) is 5.92 Å². The van der Waals surface area contributed by atoms with Gasteiger partial charge in [-0.05, 0) is 53.6 Å². The number of nitrogens with zero attached hydrogens (tertiary/aromatic N) is 1. The molecule has 0 aromatic heterocycles. The van der Waals surface area contributed by atoms with Crippen LogP contribution in [0.4, 0.5) is 0 Å². The molecule has 2 aromatic carbocycles. The van der Waals surface area contributed by atoms with Crippen molar-refractivity contribution in [1.29, 1.82) is 0 Å². The molecule has 0 heterocycles. The van der Waals surface area contributed by atoms with E-state index in [1.165, 1.54) is 10.5 Å². The van der Waals surface area contributed by atoms with Gasteiger partial charge in [0.15, 0.2) is 6.61 Å². The standard InChI is InChI=1S/C26H34Cl2N2O3/c1-17(2)14-29-25(32)18(3)30(15-19-7-10-21(27)13-23(19)28)24(31)16-33-22-11-8-20(9-12-22)26(4,5)6/h7-13,17-18H,14-16H2,1-6H3,(H,29,32). The van der Waals surface area contributed by atoms with E-state index in [1.54, 1.807) is 25.1 Å². The molecule has 7 heteroatoms. The number of ether oxygens (including phenoxy) is 1. The molecule has 0 fully saturated rings. The lowest BCUT2D eigenvalue weighted by Crippen LogP contribution is -2.49. The third kappa shape index (κ3) is 8.24. The SMILES string of the molecule is CC(C)CNC(=O)C(C)N(Cc1ccc(Cl)cc1Cl)C(=O)COc1ccc(C(C)(C)C)cc1. The number of carbonyl (C=O) groups excluding carboxylic acids is 2. The van der Waals surface area contributed by atoms with E-state index in [0.717, 1.165) is 0 Å². The Morgan fingerprint density at radius 3 is 2.21 bits per heavy atom. The maximum absolute atomic E-state index is 13.2. The van der Waals surface area contributed by atoms with Crippen LogP contribution in [-0.2, 0) is 21.5 Å². The van der Waals surface area contributed by atoms with E-state index in [4.69, 9.17) is 27.9 Å². The van der Waals surface area contributed by atoms with Crippen LogP contribution in [0.25, 0.3) is 0 Å². The molecule has 0 spiro atoms. The average molecular weight is 493 g/mol. The highest BCUT2D eigenvalue weighted by molar-refractivity contribution is 6.35. The first-order valence-corrected chi connectivity index (χ1v) is 11.9. The zero-order valence-electron chi connectivity index (χ0n) is 20.2. The van der Waals surface area contributed by atoms with Crippen LogP contribution < -0.4 is 10.1 Å². The molecule has 5 nitrogen and oxygen atoms in total. The first kappa shape index (κ1) is 27.0. The Balaban J connectivity index is 2.16. The van der Waals surface area contributed by atoms with Gasteiger partial charge in [-0.25, -0.2) is 0 Å². The Hall–Kier alpha value is -2.24. The fourth-order valence-corrected chi connectivity index (χ4v) is 3.62. The van der Waals surface area contributed by atoms with Crippen LogP contribution in [0.5, 0.6) is 5.75 Å². The Morgan fingerprint density at radius 2 is 1.67 bits per heavy atom. The molecular weight excluding hydrogens is 459 g/mol. The Bertz CT molecular complexity index is 953. The number of nitrogens with one attached hydrogen (secondary N) is 1. The minimum absolute atomic E-state index is 0.0295. The summed E-state index contributed by atoms with van der Waals surface area (Å²) < 4.78 is 5.75. The smallest absolute Gasteiger partial charge is 0.261 e. The van der Waals surface area contributed by atoms with Gasteiger partial charge in [-0.15, -0.1) is 0 Å². The third-order valence-electron chi connectivity index (χ3n) is 5.29. The number of hydrogen-bond donors (Lipinski definition) is 1. The van der Waals surface area contributed by atoms with E-state index in [-0.39, 0.29) is 30.4 Å². The quantitative estimate of drug-likeness (QED) is 0.476. The van der Waals surface area contributed by atoms with Crippen molar-refractivity contribution in [2.75, 3.05) is 13.2 Å². The number of halogens is 2. The first-order valence-electron chi connectivity index (χ1n) is 11.1. The molecule has 0 aliphatic carbocycles. The van der Waals surface area contributed by atoms with E-state index in [2.05, 4.69) is 26.1 Å². The molecule has 1 atom stereocenters. The summed E-state index contributed by atoms with van der Waals surface area (Å²) in [7, 11) is 0. The van der Waals surface area contributed by atoms with E-state index >= 15 is 0 Å². The largest absolute Gasteiger partial charge is 0.484 e. The summed E-state index contributed by atoms with van der Waals surface area (Å²) in [5.41, 5.74) is 1.91. The predicted molar refractivity (Wildman–Crippen MR) is 135 cm³/mol. The van der Waals surface area contributed by atoms with Crippen molar-refractivity contribution >= 4 is 35.0 Å². The molecule has 2 amide bonds. The number of hydrogen-bond acceptors (Lipinski definition) is 3. The van der Waals surface area contributed by atoms with Crippen LogP contribution >= 0.6 is 23.2 Å². The zero-order chi connectivity index (χ0) is 24.8. The van der Waals surface area contributed by atoms with Gasteiger partial charge in [-0.2, -0.15) is 0 Å². The first-order chi connectivity index (χ1) is 15.4. The summed E-state index contributed by atoms with van der Waals surface area (Å²) in [6, 6.07) is 12.1. The molecule has 180 valence electrons. The molecule has 0 saturated carbocycles. The van der Waals surface area contributed by atoms with Crippen LogP contribution in [0.2, 0.25) is 10.0 Å². The molecule has 2 rings (SSSR count). The monoisotopic (exact) mass is 492 g/mol. The molecule has 33 heavy (non-hydrogen) atoms. The molecule has 1 N–H and O–H groups in total. The van der Waals surface area contributed by atoms with Gasteiger partial charge in [-0.3, -0.25) is 9.59 Å². The fourth-order valence-electron chi connectivity index (χ4n) is 3.15. The van der Waals surface area contributed by atoms with E-state index in [1.807, 2.05) is 38.1 Å². The molecule has 0 saturated heterocycles. The van der Waals surface area contributed by atoms with E-state index in [0.29, 0.717) is 33.8 Å². The average Bonchev–Trinajstić information content (AvgIpc) is 2.74. The van der Waals surface area contributed by atoms with Gasteiger partial charge in [0.25, 0.3) is 5.91 Å². The van der Waals surface area contributed by atoms with E-state index < -0.39 is 6.04 Å². The topological polar surface area (TPSA) is 58.6 Å². The number of carbonyl (C=O) groups is 2. The van der Waals surface area contributed by atoms with Crippen LogP contribution in [-0.4, -0.2) is 35.9 Å². The van der Waals surface area contributed by atoms with E-state index in [9.17, 15) is 9.59 Å². The highest BCUT2D eigenvalue weighted by atomic mass is 35.5. The van der Waals surface area contributed by atoms with Crippen LogP contribution in [0.15, 0.2) is 42.5 Å². The van der Waals surface area contributed by atoms with Gasteiger partial charge in [0.1, 0.15) is 11.8 Å².